The van der Waals surface area contributed by atoms with Gasteiger partial charge in [0.25, 0.3) is 0 Å². The number of hydrogen-bond donors (Lipinski definition) is 0. The molecule has 0 aliphatic carbocycles. The topological polar surface area (TPSA) is 78.6 Å². The fourth-order valence-corrected chi connectivity index (χ4v) is 3.42. The number of methoxy groups -OCH3 is 1. The molecule has 0 spiro atoms. The minimum atomic E-state index is -0.377. The van der Waals surface area contributed by atoms with Crippen LogP contribution >= 0.6 is 0 Å². The number of benzene rings is 1. The van der Waals surface area contributed by atoms with E-state index in [1.165, 1.54) is 12.4 Å². The third-order valence-electron chi connectivity index (χ3n) is 4.98. The van der Waals surface area contributed by atoms with E-state index in [0.717, 1.165) is 46.3 Å². The van der Waals surface area contributed by atoms with Crippen molar-refractivity contribution in [3.63, 3.8) is 0 Å². The van der Waals surface area contributed by atoms with Gasteiger partial charge >= 0.3 is 0 Å². The van der Waals surface area contributed by atoms with Gasteiger partial charge in [0.15, 0.2) is 11.6 Å². The molecule has 4 aromatic rings. The first-order chi connectivity index (χ1) is 17.8. The Balaban J connectivity index is 0.000000385. The van der Waals surface area contributed by atoms with Gasteiger partial charge in [-0.3, -0.25) is 9.55 Å². The van der Waals surface area contributed by atoms with Crippen LogP contribution in [0.5, 0.6) is 5.75 Å². The highest BCUT2D eigenvalue weighted by Gasteiger charge is 2.19. The highest BCUT2D eigenvalue weighted by atomic mass is 19.1. The molecular weight excluding hydrogens is 467 g/mol. The first kappa shape index (κ1) is 31.4. The normalized spacial score (nSPS) is 9.84. The first-order valence-corrected chi connectivity index (χ1v) is 12.8. The zero-order valence-corrected chi connectivity index (χ0v) is 23.9. The van der Waals surface area contributed by atoms with Gasteiger partial charge in [0, 0.05) is 23.9 Å². The number of para-hydroxylation sites is 1. The van der Waals surface area contributed by atoms with E-state index < -0.39 is 0 Å². The molecule has 3 aromatic heterocycles. The fourth-order valence-electron chi connectivity index (χ4n) is 3.42. The van der Waals surface area contributed by atoms with E-state index in [0.29, 0.717) is 11.7 Å². The number of ether oxygens (including phenoxy) is 1. The molecule has 0 N–H and O–H groups in total. The standard InChI is InChI=1S/C17H18N4O.C8H11FN2.2C2H6/c1-11-7-5-9-15(22-4)16(11)21-13(3)19-20-17(21)14-8-6-10-18-12(14)2;1-6(2)3-8-10-4-7(9)5-11-8;2*1-2/h5-10H,1-4H3;4-6H,3H2,1-2H3;2*1-2H3. The smallest absolute Gasteiger partial charge is 0.170 e. The lowest BCUT2D eigenvalue weighted by Crippen LogP contribution is -2.05. The summed E-state index contributed by atoms with van der Waals surface area (Å²) in [7, 11) is 1.67. The van der Waals surface area contributed by atoms with Crippen molar-refractivity contribution < 1.29 is 9.13 Å². The summed E-state index contributed by atoms with van der Waals surface area (Å²) >= 11 is 0. The van der Waals surface area contributed by atoms with Gasteiger partial charge in [0.2, 0.25) is 0 Å². The molecule has 0 amide bonds. The molecule has 200 valence electrons. The summed E-state index contributed by atoms with van der Waals surface area (Å²) in [5.41, 5.74) is 3.95. The Labute approximate surface area is 221 Å². The maximum absolute atomic E-state index is 12.3. The van der Waals surface area contributed by atoms with Crippen molar-refractivity contribution in [1.82, 2.24) is 29.7 Å². The molecule has 0 atom stereocenters. The van der Waals surface area contributed by atoms with Gasteiger partial charge in [-0.2, -0.15) is 0 Å². The zero-order chi connectivity index (χ0) is 28.0. The summed E-state index contributed by atoms with van der Waals surface area (Å²) < 4.78 is 19.9. The highest BCUT2D eigenvalue weighted by Crippen LogP contribution is 2.32. The van der Waals surface area contributed by atoms with E-state index in [2.05, 4.69) is 52.0 Å². The predicted molar refractivity (Wildman–Crippen MR) is 149 cm³/mol. The van der Waals surface area contributed by atoms with E-state index in [-0.39, 0.29) is 5.82 Å². The minimum absolute atomic E-state index is 0.377. The third kappa shape index (κ3) is 8.74. The van der Waals surface area contributed by atoms with Gasteiger partial charge < -0.3 is 4.74 Å². The third-order valence-corrected chi connectivity index (χ3v) is 4.98. The lowest BCUT2D eigenvalue weighted by atomic mass is 10.1. The molecule has 1 aromatic carbocycles. The van der Waals surface area contributed by atoms with Gasteiger partial charge in [-0.1, -0.05) is 53.7 Å². The van der Waals surface area contributed by atoms with E-state index in [9.17, 15) is 4.39 Å². The van der Waals surface area contributed by atoms with Crippen molar-refractivity contribution in [2.24, 2.45) is 5.92 Å². The molecule has 0 bridgehead atoms. The van der Waals surface area contributed by atoms with Gasteiger partial charge in [-0.05, 0) is 50.5 Å². The van der Waals surface area contributed by atoms with Gasteiger partial charge in [-0.25, -0.2) is 14.4 Å². The second-order valence-corrected chi connectivity index (χ2v) is 8.08. The molecule has 37 heavy (non-hydrogen) atoms. The van der Waals surface area contributed by atoms with Crippen LogP contribution in [0.25, 0.3) is 17.1 Å². The van der Waals surface area contributed by atoms with Crippen LogP contribution in [0.3, 0.4) is 0 Å². The van der Waals surface area contributed by atoms with Crippen LogP contribution in [0.2, 0.25) is 0 Å². The van der Waals surface area contributed by atoms with Crippen molar-refractivity contribution in [2.75, 3.05) is 7.11 Å². The SMILES string of the molecule is CC.CC.CC(C)Cc1ncc(F)cn1.COc1cccc(C)c1-n1c(C)nnc1-c1cccnc1C. The Hall–Kier alpha value is -3.68. The predicted octanol–water partition coefficient (Wildman–Crippen LogP) is 7.13. The second-order valence-electron chi connectivity index (χ2n) is 8.08. The molecule has 0 aliphatic rings. The Bertz CT molecular complexity index is 1210. The summed E-state index contributed by atoms with van der Waals surface area (Å²) in [5, 5.41) is 8.61. The van der Waals surface area contributed by atoms with Crippen molar-refractivity contribution >= 4 is 0 Å². The summed E-state index contributed by atoms with van der Waals surface area (Å²) in [6.07, 6.45) is 4.98. The highest BCUT2D eigenvalue weighted by molar-refractivity contribution is 5.64. The molecule has 0 saturated heterocycles. The molecule has 0 fully saturated rings. The van der Waals surface area contributed by atoms with Crippen molar-refractivity contribution in [3.8, 4) is 22.8 Å². The number of halogens is 1. The van der Waals surface area contributed by atoms with Crippen LogP contribution in [0.15, 0.2) is 48.9 Å². The van der Waals surface area contributed by atoms with E-state index in [1.807, 2.05) is 70.4 Å². The largest absolute Gasteiger partial charge is 0.495 e. The number of pyridine rings is 1. The fraction of sp³-hybridized carbons (Fsp3) is 0.414. The summed E-state index contributed by atoms with van der Waals surface area (Å²) in [5.74, 6) is 3.23. The summed E-state index contributed by atoms with van der Waals surface area (Å²) in [6, 6.07) is 9.89. The van der Waals surface area contributed by atoms with Crippen LogP contribution in [0.1, 0.15) is 64.4 Å². The molecule has 0 saturated carbocycles. The first-order valence-electron chi connectivity index (χ1n) is 12.8. The van der Waals surface area contributed by atoms with Gasteiger partial charge in [0.05, 0.1) is 25.2 Å². The van der Waals surface area contributed by atoms with E-state index in [1.54, 1.807) is 13.3 Å². The molecule has 0 unspecified atom stereocenters. The van der Waals surface area contributed by atoms with Gasteiger partial charge in [-0.15, -0.1) is 10.2 Å². The zero-order valence-electron chi connectivity index (χ0n) is 23.9. The average Bonchev–Trinajstić information content (AvgIpc) is 3.28. The Morgan fingerprint density at radius 2 is 1.54 bits per heavy atom. The van der Waals surface area contributed by atoms with Crippen molar-refractivity contribution in [1.29, 1.82) is 0 Å². The van der Waals surface area contributed by atoms with Crippen LogP contribution in [0, 0.1) is 32.5 Å². The Morgan fingerprint density at radius 3 is 2.11 bits per heavy atom. The number of aryl methyl sites for hydroxylation is 3. The molecule has 7 nitrogen and oxygen atoms in total. The maximum Gasteiger partial charge on any atom is 0.170 e. The second kappa shape index (κ2) is 16.1. The van der Waals surface area contributed by atoms with Crippen molar-refractivity contribution in [2.45, 2.75) is 68.7 Å². The molecule has 4 rings (SSSR count). The molecule has 3 heterocycles. The Morgan fingerprint density at radius 1 is 0.892 bits per heavy atom. The monoisotopic (exact) mass is 508 g/mol. The van der Waals surface area contributed by atoms with E-state index in [4.69, 9.17) is 4.74 Å². The number of hydrogen-bond acceptors (Lipinski definition) is 6. The van der Waals surface area contributed by atoms with E-state index >= 15 is 0 Å². The lowest BCUT2D eigenvalue weighted by Gasteiger charge is -2.16. The quantitative estimate of drug-likeness (QED) is 0.285. The van der Waals surface area contributed by atoms with Crippen molar-refractivity contribution in [3.05, 3.63) is 77.6 Å². The minimum Gasteiger partial charge on any atom is -0.495 e. The molecule has 0 radical (unpaired) electrons. The van der Waals surface area contributed by atoms with Crippen LogP contribution < -0.4 is 4.74 Å². The lowest BCUT2D eigenvalue weighted by molar-refractivity contribution is 0.412. The Kier molecular flexibility index (Phi) is 13.7. The summed E-state index contributed by atoms with van der Waals surface area (Å²) in [4.78, 5) is 12.0. The van der Waals surface area contributed by atoms with Gasteiger partial charge in [0.1, 0.15) is 17.4 Å². The average molecular weight is 509 g/mol. The molecular formula is C29H41FN6O. The van der Waals surface area contributed by atoms with Crippen LogP contribution in [0.4, 0.5) is 4.39 Å². The summed E-state index contributed by atoms with van der Waals surface area (Å²) in [6.45, 7) is 18.1. The van der Waals surface area contributed by atoms with Crippen LogP contribution in [-0.4, -0.2) is 36.8 Å². The number of rotatable bonds is 5. The maximum atomic E-state index is 12.3. The van der Waals surface area contributed by atoms with Crippen LogP contribution in [-0.2, 0) is 6.42 Å². The number of nitrogens with zero attached hydrogens (tertiary/aromatic N) is 6. The number of aromatic nitrogens is 6. The molecule has 8 heteroatoms. The molecule has 0 aliphatic heterocycles.